The monoisotopic (exact) mass is 304 g/mol. The molecular formula is C15H20N4OS. The second-order valence-corrected chi connectivity index (χ2v) is 6.12. The summed E-state index contributed by atoms with van der Waals surface area (Å²) in [6, 6.07) is 1.89. The van der Waals surface area contributed by atoms with Gasteiger partial charge in [-0.2, -0.15) is 0 Å². The van der Waals surface area contributed by atoms with Crippen molar-refractivity contribution in [3.63, 3.8) is 0 Å². The van der Waals surface area contributed by atoms with Crippen LogP contribution in [-0.2, 0) is 0 Å². The van der Waals surface area contributed by atoms with E-state index in [4.69, 9.17) is 0 Å². The van der Waals surface area contributed by atoms with E-state index >= 15 is 0 Å². The van der Waals surface area contributed by atoms with Gasteiger partial charge in [0.25, 0.3) is 5.91 Å². The highest BCUT2D eigenvalue weighted by molar-refractivity contribution is 7.15. The quantitative estimate of drug-likeness (QED) is 0.886. The summed E-state index contributed by atoms with van der Waals surface area (Å²) in [4.78, 5) is 22.1. The van der Waals surface area contributed by atoms with Gasteiger partial charge in [0, 0.05) is 23.3 Å². The molecule has 2 N–H and O–H groups in total. The van der Waals surface area contributed by atoms with Crippen molar-refractivity contribution >= 4 is 28.1 Å². The van der Waals surface area contributed by atoms with Crippen molar-refractivity contribution in [3.8, 4) is 0 Å². The molecule has 2 aromatic rings. The smallest absolute Gasteiger partial charge is 0.261 e. The SMILES string of the molecule is CCCNc1cc(C)ncc1C(=O)Nc1nc(C)c(C)s1. The van der Waals surface area contributed by atoms with Crippen molar-refractivity contribution in [2.24, 2.45) is 0 Å². The molecule has 0 atom stereocenters. The molecule has 0 fully saturated rings. The van der Waals surface area contributed by atoms with Crippen molar-refractivity contribution < 1.29 is 4.79 Å². The number of aryl methyl sites for hydroxylation is 3. The lowest BCUT2D eigenvalue weighted by molar-refractivity contribution is 0.102. The summed E-state index contributed by atoms with van der Waals surface area (Å²) in [5, 5.41) is 6.74. The molecule has 0 radical (unpaired) electrons. The molecule has 0 saturated heterocycles. The van der Waals surface area contributed by atoms with Crippen molar-refractivity contribution in [2.75, 3.05) is 17.2 Å². The van der Waals surface area contributed by atoms with Gasteiger partial charge >= 0.3 is 0 Å². The van der Waals surface area contributed by atoms with Crippen LogP contribution in [0.25, 0.3) is 0 Å². The number of nitrogens with one attached hydrogen (secondary N) is 2. The molecule has 112 valence electrons. The summed E-state index contributed by atoms with van der Waals surface area (Å²) >= 11 is 1.48. The van der Waals surface area contributed by atoms with Crippen LogP contribution >= 0.6 is 11.3 Å². The highest BCUT2D eigenvalue weighted by atomic mass is 32.1. The molecular weight excluding hydrogens is 284 g/mol. The number of anilines is 2. The molecule has 0 aromatic carbocycles. The van der Waals surface area contributed by atoms with Crippen LogP contribution < -0.4 is 10.6 Å². The molecule has 5 nitrogen and oxygen atoms in total. The topological polar surface area (TPSA) is 66.9 Å². The Labute approximate surface area is 128 Å². The molecule has 1 amide bonds. The number of hydrogen-bond acceptors (Lipinski definition) is 5. The lowest BCUT2D eigenvalue weighted by atomic mass is 10.2. The van der Waals surface area contributed by atoms with Gasteiger partial charge in [-0.3, -0.25) is 15.1 Å². The Kier molecular flexibility index (Phi) is 4.90. The zero-order valence-corrected chi connectivity index (χ0v) is 13.6. The van der Waals surface area contributed by atoms with Crippen molar-refractivity contribution in [2.45, 2.75) is 34.1 Å². The Morgan fingerprint density at radius 3 is 2.71 bits per heavy atom. The molecule has 0 spiro atoms. The fourth-order valence-corrected chi connectivity index (χ4v) is 2.65. The Morgan fingerprint density at radius 1 is 1.33 bits per heavy atom. The van der Waals surface area contributed by atoms with E-state index in [1.165, 1.54) is 11.3 Å². The van der Waals surface area contributed by atoms with Crippen LogP contribution in [0.15, 0.2) is 12.3 Å². The van der Waals surface area contributed by atoms with Crippen LogP contribution in [0.1, 0.15) is 40.0 Å². The minimum absolute atomic E-state index is 0.185. The predicted octanol–water partition coefficient (Wildman–Crippen LogP) is 3.54. The average molecular weight is 304 g/mol. The number of nitrogens with zero attached hydrogens (tertiary/aromatic N) is 2. The lowest BCUT2D eigenvalue weighted by Gasteiger charge is -2.11. The van der Waals surface area contributed by atoms with Gasteiger partial charge in [0.05, 0.1) is 16.9 Å². The van der Waals surface area contributed by atoms with Crippen LogP contribution in [0.5, 0.6) is 0 Å². The highest BCUT2D eigenvalue weighted by Gasteiger charge is 2.14. The van der Waals surface area contributed by atoms with E-state index in [1.807, 2.05) is 26.8 Å². The molecule has 6 heteroatoms. The van der Waals surface area contributed by atoms with Crippen LogP contribution in [0.2, 0.25) is 0 Å². The maximum atomic E-state index is 12.4. The summed E-state index contributed by atoms with van der Waals surface area (Å²) in [6.07, 6.45) is 2.60. The normalized spacial score (nSPS) is 10.5. The Morgan fingerprint density at radius 2 is 2.10 bits per heavy atom. The van der Waals surface area contributed by atoms with Gasteiger partial charge in [-0.05, 0) is 33.3 Å². The van der Waals surface area contributed by atoms with E-state index in [1.54, 1.807) is 6.20 Å². The van der Waals surface area contributed by atoms with Gasteiger partial charge in [-0.1, -0.05) is 6.92 Å². The van der Waals surface area contributed by atoms with Crippen molar-refractivity contribution in [1.29, 1.82) is 0 Å². The predicted molar refractivity (Wildman–Crippen MR) is 87.3 cm³/mol. The Hall–Kier alpha value is -1.95. The van der Waals surface area contributed by atoms with Crippen molar-refractivity contribution in [3.05, 3.63) is 34.1 Å². The van der Waals surface area contributed by atoms with Gasteiger partial charge in [0.1, 0.15) is 0 Å². The zero-order valence-electron chi connectivity index (χ0n) is 12.8. The lowest BCUT2D eigenvalue weighted by Crippen LogP contribution is -2.15. The van der Waals surface area contributed by atoms with E-state index in [-0.39, 0.29) is 5.91 Å². The third kappa shape index (κ3) is 3.78. The molecule has 0 aliphatic heterocycles. The minimum atomic E-state index is -0.185. The second-order valence-electron chi connectivity index (χ2n) is 4.91. The second kappa shape index (κ2) is 6.67. The van der Waals surface area contributed by atoms with Gasteiger partial charge < -0.3 is 5.32 Å². The summed E-state index contributed by atoms with van der Waals surface area (Å²) in [5.74, 6) is -0.185. The van der Waals surface area contributed by atoms with E-state index in [0.717, 1.165) is 34.9 Å². The van der Waals surface area contributed by atoms with Crippen LogP contribution in [-0.4, -0.2) is 22.4 Å². The summed E-state index contributed by atoms with van der Waals surface area (Å²) in [5.41, 5.74) is 3.18. The minimum Gasteiger partial charge on any atom is -0.384 e. The van der Waals surface area contributed by atoms with Crippen molar-refractivity contribution in [1.82, 2.24) is 9.97 Å². The van der Waals surface area contributed by atoms with E-state index in [2.05, 4.69) is 27.5 Å². The molecule has 0 saturated carbocycles. The molecule has 0 bridgehead atoms. The Bertz CT molecular complexity index is 632. The first-order valence-corrected chi connectivity index (χ1v) is 7.78. The highest BCUT2D eigenvalue weighted by Crippen LogP contribution is 2.23. The first-order chi connectivity index (χ1) is 10.0. The summed E-state index contributed by atoms with van der Waals surface area (Å²) in [7, 11) is 0. The maximum absolute atomic E-state index is 12.4. The van der Waals surface area contributed by atoms with E-state index in [0.29, 0.717) is 10.7 Å². The summed E-state index contributed by atoms with van der Waals surface area (Å²) in [6.45, 7) is 8.74. The number of rotatable bonds is 5. The van der Waals surface area contributed by atoms with Gasteiger partial charge in [-0.15, -0.1) is 11.3 Å². The average Bonchev–Trinajstić information content (AvgIpc) is 2.74. The molecule has 21 heavy (non-hydrogen) atoms. The van der Waals surface area contributed by atoms with E-state index < -0.39 is 0 Å². The number of carbonyl (C=O) groups is 1. The fourth-order valence-electron chi connectivity index (χ4n) is 1.84. The first kappa shape index (κ1) is 15.4. The number of pyridine rings is 1. The van der Waals surface area contributed by atoms with Crippen LogP contribution in [0, 0.1) is 20.8 Å². The Balaban J connectivity index is 2.21. The van der Waals surface area contributed by atoms with Crippen LogP contribution in [0.4, 0.5) is 10.8 Å². The summed E-state index contributed by atoms with van der Waals surface area (Å²) < 4.78 is 0. The third-order valence-electron chi connectivity index (χ3n) is 3.10. The molecule has 0 aliphatic rings. The van der Waals surface area contributed by atoms with Gasteiger partial charge in [-0.25, -0.2) is 4.98 Å². The number of carbonyl (C=O) groups excluding carboxylic acids is 1. The molecule has 2 rings (SSSR count). The standard InChI is InChI=1S/C15H20N4OS/c1-5-6-16-13-7-9(2)17-8-12(13)14(20)19-15-18-10(3)11(4)21-15/h7-8H,5-6H2,1-4H3,(H,16,17)(H,18,19,20). The number of aromatic nitrogens is 2. The first-order valence-electron chi connectivity index (χ1n) is 6.97. The molecule has 0 aliphatic carbocycles. The fraction of sp³-hybridized carbons (Fsp3) is 0.400. The largest absolute Gasteiger partial charge is 0.384 e. The van der Waals surface area contributed by atoms with E-state index in [9.17, 15) is 4.79 Å². The zero-order chi connectivity index (χ0) is 15.4. The maximum Gasteiger partial charge on any atom is 0.261 e. The number of amides is 1. The molecule has 2 aromatic heterocycles. The number of hydrogen-bond donors (Lipinski definition) is 2. The third-order valence-corrected chi connectivity index (χ3v) is 4.09. The molecule has 2 heterocycles. The molecule has 0 unspecified atom stereocenters. The van der Waals surface area contributed by atoms with Gasteiger partial charge in [0.2, 0.25) is 0 Å². The number of thiazole rings is 1. The van der Waals surface area contributed by atoms with Crippen LogP contribution in [0.3, 0.4) is 0 Å². The van der Waals surface area contributed by atoms with Gasteiger partial charge in [0.15, 0.2) is 5.13 Å².